The number of nitrogens with one attached hydrogen (secondary N) is 1. The van der Waals surface area contributed by atoms with E-state index in [0.717, 1.165) is 35.5 Å². The van der Waals surface area contributed by atoms with Crippen molar-refractivity contribution < 1.29 is 9.53 Å². The molecule has 1 atom stereocenters. The summed E-state index contributed by atoms with van der Waals surface area (Å²) in [5, 5.41) is 0.715. The monoisotopic (exact) mass is 361 g/mol. The quantitative estimate of drug-likeness (QED) is 0.808. The Labute approximate surface area is 153 Å². The smallest absolute Gasteiger partial charge is 0.410 e. The van der Waals surface area contributed by atoms with Gasteiger partial charge < -0.3 is 9.72 Å². The SMILES string of the molecule is Cc1c(Cl)cccc1-c1ncc(C2CCCN2C(=O)OC(C)(C)C)[nH]1. The molecule has 1 unspecified atom stereocenters. The Hall–Kier alpha value is -2.01. The molecule has 1 aliphatic rings. The van der Waals surface area contributed by atoms with Crippen LogP contribution < -0.4 is 0 Å². The number of benzene rings is 1. The van der Waals surface area contributed by atoms with Crippen molar-refractivity contribution in [2.75, 3.05) is 6.54 Å². The number of carbonyl (C=O) groups excluding carboxylic acids is 1. The number of likely N-dealkylation sites (tertiary alicyclic amines) is 1. The lowest BCUT2D eigenvalue weighted by atomic mass is 10.1. The molecule has 2 heterocycles. The fraction of sp³-hybridized carbons (Fsp3) is 0.474. The minimum atomic E-state index is -0.499. The first-order valence-corrected chi connectivity index (χ1v) is 8.94. The summed E-state index contributed by atoms with van der Waals surface area (Å²) in [6, 6.07) is 5.74. The van der Waals surface area contributed by atoms with Gasteiger partial charge in [-0.25, -0.2) is 9.78 Å². The van der Waals surface area contributed by atoms with E-state index in [4.69, 9.17) is 16.3 Å². The molecule has 1 saturated heterocycles. The van der Waals surface area contributed by atoms with Crippen LogP contribution in [0.15, 0.2) is 24.4 Å². The maximum atomic E-state index is 12.5. The molecule has 1 aromatic heterocycles. The Morgan fingerprint density at radius 1 is 1.40 bits per heavy atom. The summed E-state index contributed by atoms with van der Waals surface area (Å²) in [6.45, 7) is 8.32. The van der Waals surface area contributed by atoms with Gasteiger partial charge in [-0.05, 0) is 52.2 Å². The molecule has 1 fully saturated rings. The summed E-state index contributed by atoms with van der Waals surface area (Å²) in [6.07, 6.45) is 3.39. The first kappa shape index (κ1) is 17.8. The van der Waals surface area contributed by atoms with Gasteiger partial charge in [0.15, 0.2) is 0 Å². The molecule has 6 heteroatoms. The number of hydrogen-bond acceptors (Lipinski definition) is 3. The molecular weight excluding hydrogens is 338 g/mol. The maximum absolute atomic E-state index is 12.5. The van der Waals surface area contributed by atoms with Gasteiger partial charge in [0.2, 0.25) is 0 Å². The number of rotatable bonds is 2. The Balaban J connectivity index is 1.84. The van der Waals surface area contributed by atoms with E-state index in [9.17, 15) is 4.79 Å². The molecule has 5 nitrogen and oxygen atoms in total. The second-order valence-electron chi connectivity index (χ2n) is 7.43. The summed E-state index contributed by atoms with van der Waals surface area (Å²) >= 11 is 6.21. The number of H-pyrrole nitrogens is 1. The summed E-state index contributed by atoms with van der Waals surface area (Å²) in [7, 11) is 0. The third-order valence-corrected chi connectivity index (χ3v) is 4.77. The number of amides is 1. The fourth-order valence-corrected chi connectivity index (χ4v) is 3.31. The van der Waals surface area contributed by atoms with Crippen LogP contribution in [-0.4, -0.2) is 33.1 Å². The van der Waals surface area contributed by atoms with E-state index in [0.29, 0.717) is 11.6 Å². The number of halogens is 1. The Morgan fingerprint density at radius 2 is 2.16 bits per heavy atom. The van der Waals surface area contributed by atoms with Crippen LogP contribution in [0.4, 0.5) is 4.79 Å². The molecule has 1 aromatic carbocycles. The number of carbonyl (C=O) groups is 1. The van der Waals surface area contributed by atoms with Crippen molar-refractivity contribution >= 4 is 17.7 Å². The second-order valence-corrected chi connectivity index (χ2v) is 7.84. The Kier molecular flexibility index (Phi) is 4.78. The normalized spacial score (nSPS) is 17.8. The number of hydrogen-bond donors (Lipinski definition) is 1. The summed E-state index contributed by atoms with van der Waals surface area (Å²) in [4.78, 5) is 22.1. The van der Waals surface area contributed by atoms with Crippen LogP contribution in [-0.2, 0) is 4.74 Å². The van der Waals surface area contributed by atoms with Gasteiger partial charge in [0, 0.05) is 17.1 Å². The molecule has 2 aromatic rings. The number of aromatic amines is 1. The second kappa shape index (κ2) is 6.71. The van der Waals surface area contributed by atoms with Gasteiger partial charge in [0.25, 0.3) is 0 Å². The van der Waals surface area contributed by atoms with E-state index in [-0.39, 0.29) is 12.1 Å². The molecular formula is C19H24ClN3O2. The van der Waals surface area contributed by atoms with E-state index >= 15 is 0 Å². The summed E-state index contributed by atoms with van der Waals surface area (Å²) in [5.41, 5.74) is 2.39. The summed E-state index contributed by atoms with van der Waals surface area (Å²) in [5.74, 6) is 0.769. The highest BCUT2D eigenvalue weighted by atomic mass is 35.5. The molecule has 0 spiro atoms. The zero-order chi connectivity index (χ0) is 18.2. The molecule has 1 amide bonds. The highest BCUT2D eigenvalue weighted by molar-refractivity contribution is 6.31. The predicted molar refractivity (Wildman–Crippen MR) is 98.7 cm³/mol. The fourth-order valence-electron chi connectivity index (χ4n) is 3.13. The standard InChI is InChI=1S/C19H24ClN3O2/c1-12-13(7-5-8-14(12)20)17-21-11-15(22-17)16-9-6-10-23(16)18(24)25-19(2,3)4/h5,7-8,11,16H,6,9-10H2,1-4H3,(H,21,22). The average molecular weight is 362 g/mol. The van der Waals surface area contributed by atoms with Crippen molar-refractivity contribution in [3.05, 3.63) is 40.7 Å². The van der Waals surface area contributed by atoms with Gasteiger partial charge in [-0.3, -0.25) is 4.90 Å². The van der Waals surface area contributed by atoms with Crippen LogP contribution in [0, 0.1) is 6.92 Å². The molecule has 0 radical (unpaired) electrons. The van der Waals surface area contributed by atoms with E-state index < -0.39 is 5.60 Å². The lowest BCUT2D eigenvalue weighted by Gasteiger charge is -2.28. The number of imidazole rings is 1. The predicted octanol–water partition coefficient (Wildman–Crippen LogP) is 5.11. The van der Waals surface area contributed by atoms with Crippen molar-refractivity contribution in [2.24, 2.45) is 0 Å². The van der Waals surface area contributed by atoms with Gasteiger partial charge >= 0.3 is 6.09 Å². The van der Waals surface area contributed by atoms with Crippen molar-refractivity contribution in [3.63, 3.8) is 0 Å². The molecule has 134 valence electrons. The van der Waals surface area contributed by atoms with Crippen LogP contribution in [0.5, 0.6) is 0 Å². The average Bonchev–Trinajstić information content (AvgIpc) is 3.16. The van der Waals surface area contributed by atoms with Crippen LogP contribution >= 0.6 is 11.6 Å². The van der Waals surface area contributed by atoms with Crippen molar-refractivity contribution in [1.29, 1.82) is 0 Å². The first-order chi connectivity index (χ1) is 11.8. The van der Waals surface area contributed by atoms with Gasteiger partial charge in [0.1, 0.15) is 11.4 Å². The highest BCUT2D eigenvalue weighted by Gasteiger charge is 2.34. The minimum Gasteiger partial charge on any atom is -0.444 e. The molecule has 0 saturated carbocycles. The van der Waals surface area contributed by atoms with Gasteiger partial charge in [-0.1, -0.05) is 23.7 Å². The first-order valence-electron chi connectivity index (χ1n) is 8.56. The molecule has 3 rings (SSSR count). The van der Waals surface area contributed by atoms with Crippen LogP contribution in [0.25, 0.3) is 11.4 Å². The lowest BCUT2D eigenvalue weighted by molar-refractivity contribution is 0.0222. The van der Waals surface area contributed by atoms with Gasteiger partial charge in [-0.2, -0.15) is 0 Å². The summed E-state index contributed by atoms with van der Waals surface area (Å²) < 4.78 is 5.53. The number of ether oxygens (including phenoxy) is 1. The Morgan fingerprint density at radius 3 is 2.88 bits per heavy atom. The third-order valence-electron chi connectivity index (χ3n) is 4.36. The van der Waals surface area contributed by atoms with E-state index in [1.165, 1.54) is 0 Å². The van der Waals surface area contributed by atoms with Crippen molar-refractivity contribution in [2.45, 2.75) is 52.2 Å². The van der Waals surface area contributed by atoms with Crippen molar-refractivity contribution in [1.82, 2.24) is 14.9 Å². The molecule has 1 aliphatic heterocycles. The third kappa shape index (κ3) is 3.82. The molecule has 1 N–H and O–H groups in total. The van der Waals surface area contributed by atoms with Crippen LogP contribution in [0.3, 0.4) is 0 Å². The zero-order valence-corrected chi connectivity index (χ0v) is 15.9. The topological polar surface area (TPSA) is 58.2 Å². The van der Waals surface area contributed by atoms with E-state index in [2.05, 4.69) is 9.97 Å². The largest absolute Gasteiger partial charge is 0.444 e. The van der Waals surface area contributed by atoms with E-state index in [1.807, 2.05) is 52.1 Å². The zero-order valence-electron chi connectivity index (χ0n) is 15.1. The maximum Gasteiger partial charge on any atom is 0.410 e. The number of nitrogens with zero attached hydrogens (tertiary/aromatic N) is 2. The van der Waals surface area contributed by atoms with Crippen LogP contribution in [0.2, 0.25) is 5.02 Å². The van der Waals surface area contributed by atoms with E-state index in [1.54, 1.807) is 4.90 Å². The van der Waals surface area contributed by atoms with Gasteiger partial charge in [0.05, 0.1) is 17.9 Å². The van der Waals surface area contributed by atoms with Crippen molar-refractivity contribution in [3.8, 4) is 11.4 Å². The molecule has 25 heavy (non-hydrogen) atoms. The minimum absolute atomic E-state index is 0.0319. The lowest BCUT2D eigenvalue weighted by Crippen LogP contribution is -2.36. The number of aromatic nitrogens is 2. The van der Waals surface area contributed by atoms with Crippen LogP contribution in [0.1, 0.15) is 50.9 Å². The molecule has 0 aliphatic carbocycles. The molecule has 0 bridgehead atoms. The highest BCUT2D eigenvalue weighted by Crippen LogP contribution is 2.34. The Bertz CT molecular complexity index is 779. The van der Waals surface area contributed by atoms with Gasteiger partial charge in [-0.15, -0.1) is 0 Å².